The van der Waals surface area contributed by atoms with Crippen LogP contribution in [-0.2, 0) is 9.59 Å². The molecule has 9 heteroatoms. The maximum Gasteiger partial charge on any atom is 0.334 e. The number of carbonyl (C=O) groups is 4. The zero-order valence-corrected chi connectivity index (χ0v) is 15.8. The summed E-state index contributed by atoms with van der Waals surface area (Å²) in [7, 11) is 0. The molecule has 2 aromatic rings. The molecule has 0 aromatic carbocycles. The monoisotopic (exact) mass is 372 g/mol. The van der Waals surface area contributed by atoms with Crippen molar-refractivity contribution >= 4 is 23.6 Å². The number of ketones is 1. The molecule has 3 heterocycles. The number of nitrogens with zero attached hydrogens (tertiary/aromatic N) is 4. The highest BCUT2D eigenvalue weighted by Gasteiger charge is 2.46. The van der Waals surface area contributed by atoms with Crippen molar-refractivity contribution in [1.82, 2.24) is 19.5 Å². The number of hydrogen-bond donors (Lipinski definition) is 0. The van der Waals surface area contributed by atoms with Crippen molar-refractivity contribution in [2.24, 2.45) is 0 Å². The minimum atomic E-state index is -0.983. The Balaban J connectivity index is 1.89. The lowest BCUT2D eigenvalue weighted by Gasteiger charge is -2.18. The summed E-state index contributed by atoms with van der Waals surface area (Å²) in [6, 6.07) is 2.17. The first kappa shape index (κ1) is 18.6. The molecule has 1 aliphatic heterocycles. The minimum Gasteiger partial charge on any atom is -0.360 e. The van der Waals surface area contributed by atoms with Crippen molar-refractivity contribution in [1.29, 1.82) is 0 Å². The fourth-order valence-corrected chi connectivity index (χ4v) is 3.20. The van der Waals surface area contributed by atoms with Crippen LogP contribution in [0.5, 0.6) is 0 Å². The highest BCUT2D eigenvalue weighted by Crippen LogP contribution is 2.22. The smallest absolute Gasteiger partial charge is 0.334 e. The van der Waals surface area contributed by atoms with Crippen LogP contribution in [-0.4, -0.2) is 55.7 Å². The van der Waals surface area contributed by atoms with E-state index in [1.165, 1.54) is 0 Å². The molecule has 9 nitrogen and oxygen atoms in total. The fourth-order valence-electron chi connectivity index (χ4n) is 3.20. The van der Waals surface area contributed by atoms with Crippen molar-refractivity contribution < 1.29 is 23.7 Å². The topological polar surface area (TPSA) is 106 Å². The molecule has 27 heavy (non-hydrogen) atoms. The van der Waals surface area contributed by atoms with Gasteiger partial charge in [0.1, 0.15) is 5.76 Å². The molecule has 1 fully saturated rings. The fraction of sp³-hybridized carbons (Fsp3) is 0.389. The maximum atomic E-state index is 12.8. The quantitative estimate of drug-likeness (QED) is 0.450. The van der Waals surface area contributed by atoms with Gasteiger partial charge in [-0.05, 0) is 40.7 Å². The van der Waals surface area contributed by atoms with Crippen molar-refractivity contribution in [3.63, 3.8) is 0 Å². The number of rotatable bonds is 5. The van der Waals surface area contributed by atoms with Crippen molar-refractivity contribution in [2.75, 3.05) is 6.54 Å². The summed E-state index contributed by atoms with van der Waals surface area (Å²) in [6.07, 6.45) is 0. The Morgan fingerprint density at radius 2 is 1.78 bits per heavy atom. The molecule has 0 radical (unpaired) electrons. The van der Waals surface area contributed by atoms with E-state index in [0.29, 0.717) is 27.7 Å². The van der Waals surface area contributed by atoms with Crippen LogP contribution in [0.2, 0.25) is 0 Å². The number of hydrogen-bond acceptors (Lipinski definition) is 6. The van der Waals surface area contributed by atoms with Gasteiger partial charge in [0, 0.05) is 29.1 Å². The SMILES string of the molecule is Cc1cc(-n2c(C)cc(C(=O)CN3C(=O)C(=O)N(C(C)C)C3=O)c2C)no1. The van der Waals surface area contributed by atoms with Gasteiger partial charge in [-0.15, -0.1) is 0 Å². The average Bonchev–Trinajstić information content (AvgIpc) is 3.19. The van der Waals surface area contributed by atoms with Gasteiger partial charge in [-0.1, -0.05) is 5.16 Å². The molecule has 0 aliphatic carbocycles. The molecule has 0 N–H and O–H groups in total. The predicted molar refractivity (Wildman–Crippen MR) is 93.5 cm³/mol. The molecule has 0 unspecified atom stereocenters. The zero-order chi connectivity index (χ0) is 20.0. The third kappa shape index (κ3) is 2.94. The van der Waals surface area contributed by atoms with Gasteiger partial charge in [-0.3, -0.25) is 23.9 Å². The largest absolute Gasteiger partial charge is 0.360 e. The predicted octanol–water partition coefficient (Wildman–Crippen LogP) is 1.77. The molecule has 3 rings (SSSR count). The number of urea groups is 1. The molecular weight excluding hydrogens is 352 g/mol. The number of amides is 4. The van der Waals surface area contributed by atoms with Gasteiger partial charge < -0.3 is 4.52 Å². The lowest BCUT2D eigenvalue weighted by atomic mass is 10.1. The summed E-state index contributed by atoms with van der Waals surface area (Å²) < 4.78 is 6.84. The molecular formula is C18H20N4O5. The third-order valence-corrected chi connectivity index (χ3v) is 4.48. The van der Waals surface area contributed by atoms with E-state index in [1.807, 2.05) is 6.92 Å². The summed E-state index contributed by atoms with van der Waals surface area (Å²) >= 11 is 0. The van der Waals surface area contributed by atoms with Crippen LogP contribution >= 0.6 is 0 Å². The van der Waals surface area contributed by atoms with Crippen LogP contribution in [0.3, 0.4) is 0 Å². The van der Waals surface area contributed by atoms with Crippen LogP contribution < -0.4 is 0 Å². The van der Waals surface area contributed by atoms with E-state index in [9.17, 15) is 19.2 Å². The maximum absolute atomic E-state index is 12.8. The van der Waals surface area contributed by atoms with Crippen LogP contribution in [0, 0.1) is 20.8 Å². The van der Waals surface area contributed by atoms with Crippen LogP contribution in [0.4, 0.5) is 4.79 Å². The number of carbonyl (C=O) groups excluding carboxylic acids is 4. The third-order valence-electron chi connectivity index (χ3n) is 4.48. The Hall–Kier alpha value is -3.23. The summed E-state index contributed by atoms with van der Waals surface area (Å²) in [5.74, 6) is -1.16. The van der Waals surface area contributed by atoms with Crippen molar-refractivity contribution in [3.8, 4) is 5.82 Å². The summed E-state index contributed by atoms with van der Waals surface area (Å²) in [5.41, 5.74) is 1.71. The van der Waals surface area contributed by atoms with Crippen LogP contribution in [0.15, 0.2) is 16.7 Å². The van der Waals surface area contributed by atoms with E-state index in [1.54, 1.807) is 44.4 Å². The average molecular weight is 372 g/mol. The standard InChI is InChI=1S/C18H20N4O5/c1-9(2)21-17(25)16(24)20(18(21)26)8-14(23)13-6-10(3)22(12(13)5)15-7-11(4)27-19-15/h6-7,9H,8H2,1-5H3. The number of imide groups is 2. The second-order valence-electron chi connectivity index (χ2n) is 6.78. The molecule has 4 amide bonds. The van der Waals surface area contributed by atoms with Gasteiger partial charge in [0.25, 0.3) is 0 Å². The second-order valence-corrected chi connectivity index (χ2v) is 6.78. The van der Waals surface area contributed by atoms with Gasteiger partial charge in [-0.25, -0.2) is 9.69 Å². The van der Waals surface area contributed by atoms with E-state index in [-0.39, 0.29) is 0 Å². The van der Waals surface area contributed by atoms with Gasteiger partial charge in [0.05, 0.1) is 6.54 Å². The van der Waals surface area contributed by atoms with Gasteiger partial charge in [0.15, 0.2) is 11.6 Å². The van der Waals surface area contributed by atoms with E-state index in [2.05, 4.69) is 5.16 Å². The van der Waals surface area contributed by atoms with E-state index >= 15 is 0 Å². The highest BCUT2D eigenvalue weighted by molar-refractivity contribution is 6.45. The van der Waals surface area contributed by atoms with Gasteiger partial charge in [-0.2, -0.15) is 0 Å². The summed E-state index contributed by atoms with van der Waals surface area (Å²) in [4.78, 5) is 50.8. The Kier molecular flexibility index (Phi) is 4.46. The molecule has 1 saturated heterocycles. The molecule has 0 atom stereocenters. The highest BCUT2D eigenvalue weighted by atomic mass is 16.5. The Morgan fingerprint density at radius 1 is 1.11 bits per heavy atom. The number of aryl methyl sites for hydroxylation is 2. The Morgan fingerprint density at radius 3 is 2.30 bits per heavy atom. The van der Waals surface area contributed by atoms with Gasteiger partial charge in [0.2, 0.25) is 0 Å². The second kappa shape index (κ2) is 6.49. The number of aromatic nitrogens is 2. The lowest BCUT2D eigenvalue weighted by molar-refractivity contribution is -0.143. The Bertz CT molecular complexity index is 969. The van der Waals surface area contributed by atoms with Gasteiger partial charge >= 0.3 is 17.8 Å². The molecule has 0 spiro atoms. The molecule has 0 saturated carbocycles. The first-order valence-corrected chi connectivity index (χ1v) is 8.48. The first-order chi connectivity index (χ1) is 12.6. The zero-order valence-electron chi connectivity index (χ0n) is 15.8. The van der Waals surface area contributed by atoms with E-state index in [0.717, 1.165) is 10.6 Å². The first-order valence-electron chi connectivity index (χ1n) is 8.48. The van der Waals surface area contributed by atoms with Crippen molar-refractivity contribution in [2.45, 2.75) is 40.7 Å². The Labute approximate surface area is 155 Å². The minimum absolute atomic E-state index is 0.351. The van der Waals surface area contributed by atoms with Crippen LogP contribution in [0.25, 0.3) is 5.82 Å². The van der Waals surface area contributed by atoms with Crippen molar-refractivity contribution in [3.05, 3.63) is 34.8 Å². The molecule has 1 aliphatic rings. The summed E-state index contributed by atoms with van der Waals surface area (Å²) in [6.45, 7) is 8.07. The molecule has 2 aromatic heterocycles. The molecule has 142 valence electrons. The lowest BCUT2D eigenvalue weighted by Crippen LogP contribution is -2.39. The van der Waals surface area contributed by atoms with E-state index in [4.69, 9.17) is 4.52 Å². The van der Waals surface area contributed by atoms with Crippen LogP contribution in [0.1, 0.15) is 41.4 Å². The number of Topliss-reactive ketones (excluding diaryl/α,β-unsaturated/α-hetero) is 1. The molecule has 0 bridgehead atoms. The normalized spacial score (nSPS) is 14.8. The summed E-state index contributed by atoms with van der Waals surface area (Å²) in [5, 5.41) is 3.95. The van der Waals surface area contributed by atoms with E-state index < -0.39 is 36.2 Å².